The molecule has 0 aliphatic heterocycles. The van der Waals surface area contributed by atoms with Gasteiger partial charge in [-0.15, -0.1) is 0 Å². The number of pyridine rings is 1. The Labute approximate surface area is 97.1 Å². The lowest BCUT2D eigenvalue weighted by Gasteiger charge is -2.06. The average Bonchev–Trinajstić information content (AvgIpc) is 2.08. The lowest BCUT2D eigenvalue weighted by molar-refractivity contribution is -0.136. The first-order valence-corrected chi connectivity index (χ1v) is 4.88. The van der Waals surface area contributed by atoms with E-state index >= 15 is 0 Å². The van der Waals surface area contributed by atoms with Gasteiger partial charge in [-0.1, -0.05) is 0 Å². The summed E-state index contributed by atoms with van der Waals surface area (Å²) in [6.07, 6.45) is -3.37. The second kappa shape index (κ2) is 4.69. The maximum Gasteiger partial charge on any atom is 0.309 e. The summed E-state index contributed by atoms with van der Waals surface area (Å²) in [5.41, 5.74) is -0.761. The fourth-order valence-electron chi connectivity index (χ4n) is 0.960. The van der Waals surface area contributed by atoms with Gasteiger partial charge in [0.1, 0.15) is 11.4 Å². The largest absolute Gasteiger partial charge is 0.506 e. The smallest absolute Gasteiger partial charge is 0.309 e. The topological polar surface area (TPSA) is 70.4 Å². The van der Waals surface area contributed by atoms with Crippen molar-refractivity contribution in [3.8, 4) is 5.75 Å². The van der Waals surface area contributed by atoms with Crippen molar-refractivity contribution in [1.82, 2.24) is 4.98 Å². The maximum atomic E-state index is 12.4. The monoisotopic (exact) mass is 329 g/mol. The highest BCUT2D eigenvalue weighted by Gasteiger charge is 2.18. The lowest BCUT2D eigenvalue weighted by Crippen LogP contribution is -2.06. The number of carbonyl (C=O) groups is 1. The van der Waals surface area contributed by atoms with Crippen LogP contribution in [0.4, 0.5) is 8.78 Å². The molecule has 82 valence electrons. The molecule has 1 rings (SSSR count). The van der Waals surface area contributed by atoms with Gasteiger partial charge in [0.2, 0.25) is 0 Å². The molecule has 1 aromatic rings. The van der Waals surface area contributed by atoms with Crippen LogP contribution in [0.2, 0.25) is 0 Å². The van der Waals surface area contributed by atoms with E-state index in [9.17, 15) is 18.7 Å². The average molecular weight is 329 g/mol. The zero-order valence-electron chi connectivity index (χ0n) is 7.25. The van der Waals surface area contributed by atoms with Crippen LogP contribution < -0.4 is 0 Å². The van der Waals surface area contributed by atoms with Crippen molar-refractivity contribution in [1.29, 1.82) is 0 Å². The number of aliphatic carboxylic acids is 1. The fourth-order valence-corrected chi connectivity index (χ4v) is 1.61. The number of halogens is 3. The molecule has 0 unspecified atom stereocenters. The minimum absolute atomic E-state index is 0.106. The van der Waals surface area contributed by atoms with Crippen LogP contribution in [0, 0.1) is 3.57 Å². The van der Waals surface area contributed by atoms with Crippen LogP contribution in [-0.2, 0) is 11.2 Å². The van der Waals surface area contributed by atoms with Crippen molar-refractivity contribution in [3.63, 3.8) is 0 Å². The minimum Gasteiger partial charge on any atom is -0.506 e. The van der Waals surface area contributed by atoms with E-state index in [1.165, 1.54) is 0 Å². The zero-order chi connectivity index (χ0) is 11.6. The molecular weight excluding hydrogens is 323 g/mol. The summed E-state index contributed by atoms with van der Waals surface area (Å²) in [5.74, 6) is -1.62. The van der Waals surface area contributed by atoms with Gasteiger partial charge in [-0.3, -0.25) is 4.79 Å². The van der Waals surface area contributed by atoms with Gasteiger partial charge in [-0.2, -0.15) is 0 Å². The number of alkyl halides is 2. The highest BCUT2D eigenvalue weighted by Crippen LogP contribution is 2.27. The Morgan fingerprint density at radius 3 is 2.67 bits per heavy atom. The molecule has 2 N–H and O–H groups in total. The van der Waals surface area contributed by atoms with Crippen molar-refractivity contribution in [2.75, 3.05) is 0 Å². The standard InChI is InChI=1S/C8H6F2INO3/c9-8(10)7-3(11)1-5(13)4(12-7)2-6(14)15/h1,8,13H,2H2,(H,14,15). The van der Waals surface area contributed by atoms with Gasteiger partial charge >= 0.3 is 5.97 Å². The van der Waals surface area contributed by atoms with E-state index in [2.05, 4.69) is 4.98 Å². The molecule has 0 spiro atoms. The highest BCUT2D eigenvalue weighted by molar-refractivity contribution is 14.1. The van der Waals surface area contributed by atoms with Crippen molar-refractivity contribution >= 4 is 28.6 Å². The molecule has 0 atom stereocenters. The Bertz CT molecular complexity index is 398. The molecule has 0 radical (unpaired) electrons. The van der Waals surface area contributed by atoms with Gasteiger partial charge in [0.05, 0.1) is 12.1 Å². The summed E-state index contributed by atoms with van der Waals surface area (Å²) >= 11 is 1.60. The van der Waals surface area contributed by atoms with E-state index in [1.807, 2.05) is 0 Å². The van der Waals surface area contributed by atoms with Crippen LogP contribution in [0.15, 0.2) is 6.07 Å². The van der Waals surface area contributed by atoms with E-state index in [0.29, 0.717) is 0 Å². The summed E-state index contributed by atoms with van der Waals surface area (Å²) in [5, 5.41) is 17.7. The third-order valence-corrected chi connectivity index (χ3v) is 2.45. The third-order valence-electron chi connectivity index (χ3n) is 1.58. The molecule has 1 aromatic heterocycles. The molecule has 0 amide bonds. The van der Waals surface area contributed by atoms with E-state index in [0.717, 1.165) is 6.07 Å². The number of rotatable bonds is 3. The Hall–Kier alpha value is -0.990. The highest BCUT2D eigenvalue weighted by atomic mass is 127. The van der Waals surface area contributed by atoms with Gasteiger partial charge < -0.3 is 10.2 Å². The third kappa shape index (κ3) is 2.98. The normalized spacial score (nSPS) is 10.7. The Morgan fingerprint density at radius 1 is 1.60 bits per heavy atom. The van der Waals surface area contributed by atoms with Crippen LogP contribution in [-0.4, -0.2) is 21.2 Å². The van der Waals surface area contributed by atoms with Crippen molar-refractivity contribution < 1.29 is 23.8 Å². The van der Waals surface area contributed by atoms with E-state index in [-0.39, 0.29) is 15.0 Å². The van der Waals surface area contributed by atoms with Crippen LogP contribution in [0.1, 0.15) is 17.8 Å². The second-order valence-electron chi connectivity index (χ2n) is 2.69. The van der Waals surface area contributed by atoms with Crippen LogP contribution in [0.25, 0.3) is 0 Å². The molecular formula is C8H6F2INO3. The summed E-state index contributed by atoms with van der Waals surface area (Å²) < 4.78 is 24.9. The Balaban J connectivity index is 3.17. The molecule has 0 bridgehead atoms. The number of hydrogen-bond acceptors (Lipinski definition) is 3. The van der Waals surface area contributed by atoms with Gasteiger partial charge in [-0.25, -0.2) is 13.8 Å². The molecule has 1 heterocycles. The molecule has 0 fully saturated rings. The van der Waals surface area contributed by atoms with E-state index in [1.54, 1.807) is 22.6 Å². The number of hydrogen-bond donors (Lipinski definition) is 2. The number of aromatic nitrogens is 1. The number of carboxylic acids is 1. The molecule has 0 saturated carbocycles. The van der Waals surface area contributed by atoms with Crippen LogP contribution in [0.5, 0.6) is 5.75 Å². The molecule has 0 aliphatic carbocycles. The minimum atomic E-state index is -2.79. The van der Waals surface area contributed by atoms with Gasteiger partial charge in [0.25, 0.3) is 6.43 Å². The first-order valence-electron chi connectivity index (χ1n) is 3.80. The molecule has 15 heavy (non-hydrogen) atoms. The second-order valence-corrected chi connectivity index (χ2v) is 3.85. The molecule has 0 aromatic carbocycles. The quantitative estimate of drug-likeness (QED) is 0.832. The molecule has 0 saturated heterocycles. The van der Waals surface area contributed by atoms with E-state index in [4.69, 9.17) is 5.11 Å². The van der Waals surface area contributed by atoms with Gasteiger partial charge in [0.15, 0.2) is 0 Å². The first kappa shape index (κ1) is 12.1. The van der Waals surface area contributed by atoms with Crippen LogP contribution in [0.3, 0.4) is 0 Å². The van der Waals surface area contributed by atoms with Crippen molar-refractivity contribution in [3.05, 3.63) is 21.0 Å². The maximum absolute atomic E-state index is 12.4. The Morgan fingerprint density at radius 2 is 2.20 bits per heavy atom. The lowest BCUT2D eigenvalue weighted by atomic mass is 10.2. The first-order chi connectivity index (χ1) is 6.91. The summed E-state index contributed by atoms with van der Waals surface area (Å²) in [7, 11) is 0. The summed E-state index contributed by atoms with van der Waals surface area (Å²) in [4.78, 5) is 13.8. The zero-order valence-corrected chi connectivity index (χ0v) is 9.40. The van der Waals surface area contributed by atoms with Crippen molar-refractivity contribution in [2.45, 2.75) is 12.8 Å². The van der Waals surface area contributed by atoms with Crippen molar-refractivity contribution in [2.24, 2.45) is 0 Å². The Kier molecular flexibility index (Phi) is 3.77. The summed E-state index contributed by atoms with van der Waals surface area (Å²) in [6.45, 7) is 0. The van der Waals surface area contributed by atoms with Gasteiger partial charge in [-0.05, 0) is 28.7 Å². The predicted octanol–water partition coefficient (Wildman–Crippen LogP) is 1.96. The summed E-state index contributed by atoms with van der Waals surface area (Å²) in [6, 6.07) is 1.08. The number of carboxylic acid groups (broad SMARTS) is 1. The fraction of sp³-hybridized carbons (Fsp3) is 0.250. The van der Waals surface area contributed by atoms with Gasteiger partial charge in [0, 0.05) is 3.57 Å². The molecule has 0 aliphatic rings. The molecule has 7 heteroatoms. The number of aromatic hydroxyl groups is 1. The predicted molar refractivity (Wildman–Crippen MR) is 54.9 cm³/mol. The number of nitrogens with zero attached hydrogens (tertiary/aromatic N) is 1. The SMILES string of the molecule is O=C(O)Cc1nc(C(F)F)c(I)cc1O. The van der Waals surface area contributed by atoms with E-state index < -0.39 is 24.5 Å². The van der Waals surface area contributed by atoms with Crippen LogP contribution >= 0.6 is 22.6 Å². The molecule has 4 nitrogen and oxygen atoms in total.